The minimum absolute atomic E-state index is 0.173. The summed E-state index contributed by atoms with van der Waals surface area (Å²) >= 11 is 0. The number of benzene rings is 2. The van der Waals surface area contributed by atoms with Crippen LogP contribution >= 0.6 is 0 Å². The first-order valence-electron chi connectivity index (χ1n) is 6.48. The molecule has 2 amide bonds. The Labute approximate surface area is 128 Å². The molecule has 0 aliphatic heterocycles. The fourth-order valence-corrected chi connectivity index (χ4v) is 2.06. The van der Waals surface area contributed by atoms with Gasteiger partial charge in [-0.15, -0.1) is 0 Å². The van der Waals surface area contributed by atoms with Gasteiger partial charge in [-0.05, 0) is 35.9 Å². The van der Waals surface area contributed by atoms with E-state index in [0.717, 1.165) is 5.56 Å². The zero-order chi connectivity index (χ0) is 16.1. The predicted octanol–water partition coefficient (Wildman–Crippen LogP) is 2.36. The van der Waals surface area contributed by atoms with Crippen molar-refractivity contribution >= 4 is 11.7 Å². The third-order valence-corrected chi connectivity index (χ3v) is 3.14. The smallest absolute Gasteiger partial charge is 0.319 e. The number of aromatic hydroxyl groups is 1. The zero-order valence-electron chi connectivity index (χ0n) is 12.0. The molecule has 3 N–H and O–H groups in total. The third-order valence-electron chi connectivity index (χ3n) is 3.14. The molecule has 2 rings (SSSR count). The highest BCUT2D eigenvalue weighted by atomic mass is 16.5. The number of carbonyl (C=O) groups is 1. The number of hydrogen-bond acceptors (Lipinski definition) is 4. The molecular weight excluding hydrogens is 282 g/mol. The highest BCUT2D eigenvalue weighted by Crippen LogP contribution is 2.29. The standard InChI is InChI=1S/C16H15N3O3/c1-22-13-4-2-3-12(7-13)10-19(16(18)21)14-6-5-11(9-17)8-15(14)20/h2-8,20H,10H2,1H3,(H2,18,21). The Morgan fingerprint density at radius 1 is 1.36 bits per heavy atom. The number of nitrogens with zero attached hydrogens (tertiary/aromatic N) is 2. The van der Waals surface area contributed by atoms with Gasteiger partial charge in [0.05, 0.1) is 31.0 Å². The van der Waals surface area contributed by atoms with Crippen molar-refractivity contribution < 1.29 is 14.6 Å². The van der Waals surface area contributed by atoms with Crippen LogP contribution in [0.15, 0.2) is 42.5 Å². The molecule has 22 heavy (non-hydrogen) atoms. The predicted molar refractivity (Wildman–Crippen MR) is 81.6 cm³/mol. The Kier molecular flexibility index (Phi) is 4.49. The molecule has 0 saturated heterocycles. The molecule has 0 saturated carbocycles. The fraction of sp³-hybridized carbons (Fsp3) is 0.125. The molecule has 112 valence electrons. The van der Waals surface area contributed by atoms with E-state index in [4.69, 9.17) is 15.7 Å². The van der Waals surface area contributed by atoms with Gasteiger partial charge in [0.25, 0.3) is 0 Å². The lowest BCUT2D eigenvalue weighted by Crippen LogP contribution is -2.35. The minimum Gasteiger partial charge on any atom is -0.506 e. The first kappa shape index (κ1) is 15.2. The Morgan fingerprint density at radius 3 is 2.73 bits per heavy atom. The average Bonchev–Trinajstić information content (AvgIpc) is 2.53. The molecule has 0 aliphatic carbocycles. The first-order chi connectivity index (χ1) is 10.5. The number of hydrogen-bond donors (Lipinski definition) is 2. The number of ether oxygens (including phenoxy) is 1. The van der Waals surface area contributed by atoms with E-state index in [0.29, 0.717) is 11.3 Å². The molecule has 6 nitrogen and oxygen atoms in total. The second kappa shape index (κ2) is 6.50. The van der Waals surface area contributed by atoms with Crippen molar-refractivity contribution in [3.8, 4) is 17.6 Å². The van der Waals surface area contributed by atoms with Crippen molar-refractivity contribution in [1.29, 1.82) is 5.26 Å². The van der Waals surface area contributed by atoms with Crippen molar-refractivity contribution in [1.82, 2.24) is 0 Å². The van der Waals surface area contributed by atoms with Crippen molar-refractivity contribution in [3.63, 3.8) is 0 Å². The van der Waals surface area contributed by atoms with E-state index in [-0.39, 0.29) is 18.0 Å². The van der Waals surface area contributed by atoms with E-state index in [9.17, 15) is 9.90 Å². The van der Waals surface area contributed by atoms with Crippen LogP contribution in [0.3, 0.4) is 0 Å². The van der Waals surface area contributed by atoms with Crippen LogP contribution in [0.5, 0.6) is 11.5 Å². The van der Waals surface area contributed by atoms with Crippen molar-refractivity contribution in [2.45, 2.75) is 6.54 Å². The maximum atomic E-state index is 11.7. The van der Waals surface area contributed by atoms with E-state index in [1.54, 1.807) is 25.3 Å². The van der Waals surface area contributed by atoms with Crippen LogP contribution in [0.4, 0.5) is 10.5 Å². The summed E-state index contributed by atoms with van der Waals surface area (Å²) in [5.41, 5.74) is 6.74. The number of carbonyl (C=O) groups excluding carboxylic acids is 1. The molecule has 0 spiro atoms. The number of phenolic OH excluding ortho intramolecular Hbond substituents is 1. The lowest BCUT2D eigenvalue weighted by atomic mass is 10.1. The van der Waals surface area contributed by atoms with E-state index >= 15 is 0 Å². The van der Waals surface area contributed by atoms with Crippen molar-refractivity contribution in [3.05, 3.63) is 53.6 Å². The van der Waals surface area contributed by atoms with Gasteiger partial charge in [-0.2, -0.15) is 5.26 Å². The number of urea groups is 1. The maximum Gasteiger partial charge on any atom is 0.319 e. The van der Waals surface area contributed by atoms with Crippen LogP contribution in [0.25, 0.3) is 0 Å². The quantitative estimate of drug-likeness (QED) is 0.904. The largest absolute Gasteiger partial charge is 0.506 e. The molecule has 0 aliphatic rings. The lowest BCUT2D eigenvalue weighted by molar-refractivity contribution is 0.253. The first-order valence-corrected chi connectivity index (χ1v) is 6.48. The molecule has 0 bridgehead atoms. The van der Waals surface area contributed by atoms with Gasteiger partial charge < -0.3 is 15.6 Å². The maximum absolute atomic E-state index is 11.7. The SMILES string of the molecule is COc1cccc(CN(C(N)=O)c2ccc(C#N)cc2O)c1. The topological polar surface area (TPSA) is 99.6 Å². The van der Waals surface area contributed by atoms with E-state index in [1.807, 2.05) is 12.1 Å². The highest BCUT2D eigenvalue weighted by molar-refractivity contribution is 5.92. The number of methoxy groups -OCH3 is 1. The number of nitriles is 1. The minimum atomic E-state index is -0.706. The average molecular weight is 297 g/mol. The number of primary amides is 1. The molecule has 0 heterocycles. The molecule has 0 atom stereocenters. The Balaban J connectivity index is 2.35. The zero-order valence-corrected chi connectivity index (χ0v) is 12.0. The molecule has 2 aromatic carbocycles. The molecule has 0 unspecified atom stereocenters. The third kappa shape index (κ3) is 3.27. The highest BCUT2D eigenvalue weighted by Gasteiger charge is 2.17. The molecule has 0 fully saturated rings. The van der Waals surface area contributed by atoms with Gasteiger partial charge in [0.2, 0.25) is 0 Å². The molecule has 0 radical (unpaired) electrons. The molecular formula is C16H15N3O3. The lowest BCUT2D eigenvalue weighted by Gasteiger charge is -2.22. The van der Waals surface area contributed by atoms with Crippen LogP contribution in [0, 0.1) is 11.3 Å². The van der Waals surface area contributed by atoms with Crippen molar-refractivity contribution in [2.24, 2.45) is 5.73 Å². The molecule has 6 heteroatoms. The second-order valence-electron chi connectivity index (χ2n) is 4.59. The summed E-state index contributed by atoms with van der Waals surface area (Å²) in [6.45, 7) is 0.173. The van der Waals surface area contributed by atoms with E-state index in [1.165, 1.54) is 23.1 Å². The molecule has 0 aromatic heterocycles. The monoisotopic (exact) mass is 297 g/mol. The van der Waals surface area contributed by atoms with Gasteiger partial charge in [0, 0.05) is 0 Å². The number of anilines is 1. The normalized spacial score (nSPS) is 9.82. The van der Waals surface area contributed by atoms with Gasteiger partial charge in [0.15, 0.2) is 0 Å². The van der Waals surface area contributed by atoms with Crippen molar-refractivity contribution in [2.75, 3.05) is 12.0 Å². The summed E-state index contributed by atoms with van der Waals surface area (Å²) < 4.78 is 5.14. The Hall–Kier alpha value is -3.20. The summed E-state index contributed by atoms with van der Waals surface area (Å²) in [5.74, 6) is 0.478. The van der Waals surface area contributed by atoms with Gasteiger partial charge in [-0.3, -0.25) is 4.90 Å². The molecule has 2 aromatic rings. The van der Waals surface area contributed by atoms with Crippen LogP contribution in [-0.4, -0.2) is 18.2 Å². The van der Waals surface area contributed by atoms with Crippen LogP contribution in [0.2, 0.25) is 0 Å². The van der Waals surface area contributed by atoms with Gasteiger partial charge in [-0.25, -0.2) is 4.79 Å². The van der Waals surface area contributed by atoms with Gasteiger partial charge in [0.1, 0.15) is 11.5 Å². The Bertz CT molecular complexity index is 738. The summed E-state index contributed by atoms with van der Waals surface area (Å²) in [6, 6.07) is 12.7. The van der Waals surface area contributed by atoms with Gasteiger partial charge >= 0.3 is 6.03 Å². The van der Waals surface area contributed by atoms with Crippen LogP contribution in [-0.2, 0) is 6.54 Å². The number of nitrogens with two attached hydrogens (primary N) is 1. The fourth-order valence-electron chi connectivity index (χ4n) is 2.06. The van der Waals surface area contributed by atoms with E-state index < -0.39 is 6.03 Å². The number of phenols is 1. The van der Waals surface area contributed by atoms with Crippen LogP contribution in [0.1, 0.15) is 11.1 Å². The van der Waals surface area contributed by atoms with Crippen LogP contribution < -0.4 is 15.4 Å². The summed E-state index contributed by atoms with van der Waals surface area (Å²) in [7, 11) is 1.55. The summed E-state index contributed by atoms with van der Waals surface area (Å²) in [4.78, 5) is 12.9. The second-order valence-corrected chi connectivity index (χ2v) is 4.59. The van der Waals surface area contributed by atoms with Gasteiger partial charge in [-0.1, -0.05) is 12.1 Å². The Morgan fingerprint density at radius 2 is 2.14 bits per heavy atom. The summed E-state index contributed by atoms with van der Waals surface area (Å²) in [6.07, 6.45) is 0. The van der Waals surface area contributed by atoms with E-state index in [2.05, 4.69) is 0 Å². The number of rotatable bonds is 4. The number of amides is 2. The summed E-state index contributed by atoms with van der Waals surface area (Å²) in [5, 5.41) is 18.8.